The van der Waals surface area contributed by atoms with Crippen LogP contribution in [-0.2, 0) is 23.1 Å². The molecule has 0 amide bonds. The molecule has 0 atom stereocenters. The Morgan fingerprint density at radius 2 is 2.14 bits per heavy atom. The topological polar surface area (TPSA) is 36.3 Å². The van der Waals surface area contributed by atoms with E-state index in [1.54, 1.807) is 11.8 Å². The fraction of sp³-hybridized carbons (Fsp3) is 0.667. The molecular formula is C9H15ClN2O2. The first-order valence-electron chi connectivity index (χ1n) is 4.41. The van der Waals surface area contributed by atoms with Crippen molar-refractivity contribution >= 4 is 11.6 Å². The van der Waals surface area contributed by atoms with Crippen molar-refractivity contribution in [3.63, 3.8) is 0 Å². The molecule has 1 rings (SSSR count). The molecule has 80 valence electrons. The van der Waals surface area contributed by atoms with Crippen LogP contribution < -0.4 is 0 Å². The number of aromatic nitrogens is 2. The number of halogens is 1. The minimum atomic E-state index is 0.488. The summed E-state index contributed by atoms with van der Waals surface area (Å²) in [5.41, 5.74) is 1.86. The lowest BCUT2D eigenvalue weighted by atomic mass is 10.3. The van der Waals surface area contributed by atoms with Gasteiger partial charge in [0.1, 0.15) is 5.15 Å². The number of nitrogens with zero attached hydrogens (tertiary/aromatic N) is 2. The Hall–Kier alpha value is -0.580. The zero-order valence-corrected chi connectivity index (χ0v) is 9.47. The zero-order valence-electron chi connectivity index (χ0n) is 8.71. The van der Waals surface area contributed by atoms with Gasteiger partial charge in [0.05, 0.1) is 25.5 Å². The Kier molecular flexibility index (Phi) is 4.38. The lowest BCUT2D eigenvalue weighted by molar-refractivity contribution is 0.0615. The summed E-state index contributed by atoms with van der Waals surface area (Å²) in [5.74, 6) is 0. The molecule has 1 aromatic heterocycles. The van der Waals surface area contributed by atoms with Gasteiger partial charge in [-0.15, -0.1) is 0 Å². The van der Waals surface area contributed by atoms with E-state index < -0.39 is 0 Å². The molecule has 0 saturated carbocycles. The van der Waals surface area contributed by atoms with Crippen LogP contribution >= 0.6 is 11.6 Å². The predicted octanol–water partition coefficient (Wildman–Crippen LogP) is 1.54. The highest BCUT2D eigenvalue weighted by atomic mass is 35.5. The summed E-state index contributed by atoms with van der Waals surface area (Å²) in [5, 5.41) is 4.82. The van der Waals surface area contributed by atoms with Crippen LogP contribution in [0.4, 0.5) is 0 Å². The number of rotatable bonds is 5. The van der Waals surface area contributed by atoms with Gasteiger partial charge in [0.2, 0.25) is 0 Å². The fourth-order valence-electron chi connectivity index (χ4n) is 1.15. The first-order chi connectivity index (χ1) is 6.66. The number of hydrogen-bond acceptors (Lipinski definition) is 3. The van der Waals surface area contributed by atoms with Gasteiger partial charge in [-0.3, -0.25) is 4.68 Å². The van der Waals surface area contributed by atoms with Gasteiger partial charge in [-0.05, 0) is 6.92 Å². The average molecular weight is 219 g/mol. The van der Waals surface area contributed by atoms with Gasteiger partial charge in [-0.25, -0.2) is 0 Å². The van der Waals surface area contributed by atoms with Crippen LogP contribution in [0.2, 0.25) is 5.15 Å². The number of ether oxygens (including phenoxy) is 2. The van der Waals surface area contributed by atoms with Crippen molar-refractivity contribution in [2.45, 2.75) is 13.5 Å². The summed E-state index contributed by atoms with van der Waals surface area (Å²) in [6, 6.07) is 0. The van der Waals surface area contributed by atoms with Crippen LogP contribution in [-0.4, -0.2) is 30.1 Å². The maximum atomic E-state index is 6.02. The molecule has 14 heavy (non-hydrogen) atoms. The maximum absolute atomic E-state index is 6.02. The van der Waals surface area contributed by atoms with Gasteiger partial charge in [0.25, 0.3) is 0 Å². The summed E-state index contributed by atoms with van der Waals surface area (Å²) < 4.78 is 11.9. The molecule has 0 N–H and O–H groups in total. The third kappa shape index (κ3) is 2.70. The summed E-state index contributed by atoms with van der Waals surface area (Å²) in [6.45, 7) is 3.57. The zero-order chi connectivity index (χ0) is 10.6. The Morgan fingerprint density at radius 1 is 1.43 bits per heavy atom. The van der Waals surface area contributed by atoms with Crippen molar-refractivity contribution in [3.8, 4) is 0 Å². The largest absolute Gasteiger partial charge is 0.382 e. The summed E-state index contributed by atoms with van der Waals surface area (Å²) in [4.78, 5) is 0. The molecule has 0 aliphatic carbocycles. The second-order valence-electron chi connectivity index (χ2n) is 3.02. The molecule has 4 nitrogen and oxygen atoms in total. The molecule has 0 aliphatic rings. The van der Waals surface area contributed by atoms with E-state index in [0.717, 1.165) is 11.3 Å². The van der Waals surface area contributed by atoms with Gasteiger partial charge in [-0.2, -0.15) is 5.10 Å². The van der Waals surface area contributed by atoms with E-state index in [-0.39, 0.29) is 0 Å². The van der Waals surface area contributed by atoms with Gasteiger partial charge in [-0.1, -0.05) is 11.6 Å². The van der Waals surface area contributed by atoms with Crippen molar-refractivity contribution in [2.24, 2.45) is 7.05 Å². The van der Waals surface area contributed by atoms with Crippen LogP contribution in [0.5, 0.6) is 0 Å². The first-order valence-corrected chi connectivity index (χ1v) is 4.79. The minimum absolute atomic E-state index is 0.488. The number of methoxy groups -OCH3 is 1. The van der Waals surface area contributed by atoms with E-state index in [1.807, 2.05) is 14.0 Å². The molecular weight excluding hydrogens is 204 g/mol. The fourth-order valence-corrected chi connectivity index (χ4v) is 1.38. The Bertz CT molecular complexity index is 299. The first kappa shape index (κ1) is 11.5. The number of hydrogen-bond donors (Lipinski definition) is 0. The quantitative estimate of drug-likeness (QED) is 0.704. The number of aryl methyl sites for hydroxylation is 2. The van der Waals surface area contributed by atoms with Crippen LogP contribution in [0.25, 0.3) is 0 Å². The van der Waals surface area contributed by atoms with E-state index in [4.69, 9.17) is 21.1 Å². The van der Waals surface area contributed by atoms with E-state index >= 15 is 0 Å². The molecule has 1 aromatic rings. The van der Waals surface area contributed by atoms with Crippen molar-refractivity contribution in [1.29, 1.82) is 0 Å². The lowest BCUT2D eigenvalue weighted by Crippen LogP contribution is -2.02. The summed E-state index contributed by atoms with van der Waals surface area (Å²) in [7, 11) is 3.46. The van der Waals surface area contributed by atoms with Crippen LogP contribution in [0.15, 0.2) is 0 Å². The van der Waals surface area contributed by atoms with Crippen LogP contribution in [0, 0.1) is 6.92 Å². The molecule has 0 spiro atoms. The van der Waals surface area contributed by atoms with E-state index in [2.05, 4.69) is 5.10 Å². The van der Waals surface area contributed by atoms with Crippen LogP contribution in [0.3, 0.4) is 0 Å². The monoisotopic (exact) mass is 218 g/mol. The minimum Gasteiger partial charge on any atom is -0.382 e. The highest BCUT2D eigenvalue weighted by molar-refractivity contribution is 6.30. The molecule has 0 aliphatic heterocycles. The Balaban J connectivity index is 2.49. The van der Waals surface area contributed by atoms with Gasteiger partial charge in [0.15, 0.2) is 0 Å². The molecule has 0 unspecified atom stereocenters. The molecule has 5 heteroatoms. The standard InChI is InChI=1S/C9H15ClN2O2/c1-7-8(6-14-5-4-13-3)9(10)12(2)11-7/h4-6H2,1-3H3. The maximum Gasteiger partial charge on any atom is 0.132 e. The Morgan fingerprint density at radius 3 is 2.64 bits per heavy atom. The predicted molar refractivity (Wildman–Crippen MR) is 54.5 cm³/mol. The van der Waals surface area contributed by atoms with Gasteiger partial charge >= 0.3 is 0 Å². The van der Waals surface area contributed by atoms with Gasteiger partial charge in [0, 0.05) is 19.7 Å². The van der Waals surface area contributed by atoms with E-state index in [9.17, 15) is 0 Å². The van der Waals surface area contributed by atoms with Crippen LogP contribution in [0.1, 0.15) is 11.3 Å². The highest BCUT2D eigenvalue weighted by Gasteiger charge is 2.10. The second-order valence-corrected chi connectivity index (χ2v) is 3.38. The van der Waals surface area contributed by atoms with Crippen molar-refractivity contribution < 1.29 is 9.47 Å². The highest BCUT2D eigenvalue weighted by Crippen LogP contribution is 2.19. The summed E-state index contributed by atoms with van der Waals surface area (Å²) >= 11 is 6.02. The SMILES string of the molecule is COCCOCc1c(C)nn(C)c1Cl. The average Bonchev–Trinajstić information content (AvgIpc) is 2.38. The molecule has 0 saturated heterocycles. The van der Waals surface area contributed by atoms with Gasteiger partial charge < -0.3 is 9.47 Å². The van der Waals surface area contributed by atoms with E-state index in [0.29, 0.717) is 25.0 Å². The smallest absolute Gasteiger partial charge is 0.132 e. The van der Waals surface area contributed by atoms with E-state index in [1.165, 1.54) is 0 Å². The molecule has 0 aromatic carbocycles. The van der Waals surface area contributed by atoms with Crippen molar-refractivity contribution in [3.05, 3.63) is 16.4 Å². The molecule has 0 fully saturated rings. The van der Waals surface area contributed by atoms with Crippen molar-refractivity contribution in [1.82, 2.24) is 9.78 Å². The summed E-state index contributed by atoms with van der Waals surface area (Å²) in [6.07, 6.45) is 0. The normalized spacial score (nSPS) is 10.9. The molecule has 0 bridgehead atoms. The molecule has 0 radical (unpaired) electrons. The van der Waals surface area contributed by atoms with Crippen molar-refractivity contribution in [2.75, 3.05) is 20.3 Å². The third-order valence-electron chi connectivity index (χ3n) is 1.95. The lowest BCUT2D eigenvalue weighted by Gasteiger charge is -2.02. The molecule has 1 heterocycles. The Labute approximate surface area is 88.8 Å². The second kappa shape index (κ2) is 5.34. The third-order valence-corrected chi connectivity index (χ3v) is 2.42.